The fourth-order valence-electron chi connectivity index (χ4n) is 3.29. The first-order chi connectivity index (χ1) is 10.3. The molecule has 3 N–H and O–H groups in total. The van der Waals surface area contributed by atoms with Crippen molar-refractivity contribution in [1.82, 2.24) is 25.5 Å². The molecule has 2 aromatic rings. The summed E-state index contributed by atoms with van der Waals surface area (Å²) >= 11 is 0. The number of aromatic nitrogens is 4. The number of carbonyl (C=O) groups is 1. The molecule has 21 heavy (non-hydrogen) atoms. The molecule has 1 amide bonds. The Bertz CT molecular complexity index is 684. The van der Waals surface area contributed by atoms with Crippen LogP contribution < -0.4 is 5.32 Å². The summed E-state index contributed by atoms with van der Waals surface area (Å²) in [5, 5.41) is 10.5. The predicted octanol–water partition coefficient (Wildman–Crippen LogP) is 1.74. The van der Waals surface area contributed by atoms with Crippen molar-refractivity contribution in [3.05, 3.63) is 22.6 Å². The normalized spacial score (nSPS) is 18.4. The van der Waals surface area contributed by atoms with E-state index in [0.717, 1.165) is 49.4 Å². The summed E-state index contributed by atoms with van der Waals surface area (Å²) < 4.78 is 0. The van der Waals surface area contributed by atoms with E-state index in [-0.39, 0.29) is 5.91 Å². The molecule has 3 heterocycles. The van der Waals surface area contributed by atoms with Crippen LogP contribution in [-0.2, 0) is 19.3 Å². The number of H-pyrrole nitrogens is 2. The molecule has 2 aliphatic rings. The molecule has 0 aromatic carbocycles. The van der Waals surface area contributed by atoms with Crippen molar-refractivity contribution in [3.63, 3.8) is 0 Å². The summed E-state index contributed by atoms with van der Waals surface area (Å²) in [7, 11) is 0. The van der Waals surface area contributed by atoms with Gasteiger partial charge in [0.25, 0.3) is 5.91 Å². The maximum Gasteiger partial charge on any atom is 0.271 e. The van der Waals surface area contributed by atoms with Gasteiger partial charge in [0, 0.05) is 23.5 Å². The first kappa shape index (κ1) is 12.6. The molecule has 0 saturated heterocycles. The highest BCUT2D eigenvalue weighted by Crippen LogP contribution is 2.28. The lowest BCUT2D eigenvalue weighted by molar-refractivity contribution is 0.0951. The van der Waals surface area contributed by atoms with Crippen LogP contribution in [0.1, 0.15) is 53.1 Å². The van der Waals surface area contributed by atoms with E-state index >= 15 is 0 Å². The molecular formula is C15H19N5O. The Balaban J connectivity index is 1.76. The minimum atomic E-state index is -0.0772. The van der Waals surface area contributed by atoms with Gasteiger partial charge in [-0.1, -0.05) is 6.42 Å². The predicted molar refractivity (Wildman–Crippen MR) is 78.1 cm³/mol. The number of nitrogens with zero attached hydrogens (tertiary/aromatic N) is 2. The van der Waals surface area contributed by atoms with Crippen LogP contribution in [-0.4, -0.2) is 32.6 Å². The lowest BCUT2D eigenvalue weighted by atomic mass is 10.1. The van der Waals surface area contributed by atoms with Crippen LogP contribution >= 0.6 is 0 Å². The van der Waals surface area contributed by atoms with E-state index in [1.807, 2.05) is 0 Å². The van der Waals surface area contributed by atoms with E-state index in [1.165, 1.54) is 30.5 Å². The summed E-state index contributed by atoms with van der Waals surface area (Å²) in [5.74, 6) is 0.656. The Morgan fingerprint density at radius 3 is 2.71 bits per heavy atom. The average molecular weight is 285 g/mol. The molecule has 4 rings (SSSR count). The van der Waals surface area contributed by atoms with Crippen molar-refractivity contribution < 1.29 is 4.79 Å². The van der Waals surface area contributed by atoms with Crippen LogP contribution in [0.4, 0.5) is 0 Å². The maximum atomic E-state index is 12.0. The van der Waals surface area contributed by atoms with Gasteiger partial charge in [-0.3, -0.25) is 9.89 Å². The molecule has 0 spiro atoms. The van der Waals surface area contributed by atoms with Gasteiger partial charge in [-0.25, -0.2) is 4.98 Å². The van der Waals surface area contributed by atoms with Crippen molar-refractivity contribution in [2.24, 2.45) is 0 Å². The zero-order valence-electron chi connectivity index (χ0n) is 12.0. The fraction of sp³-hybridized carbons (Fsp3) is 0.533. The fourth-order valence-corrected chi connectivity index (χ4v) is 3.29. The number of amides is 1. The number of nitrogens with one attached hydrogen (secondary N) is 3. The second-order valence-electron chi connectivity index (χ2n) is 5.86. The lowest BCUT2D eigenvalue weighted by Crippen LogP contribution is -2.23. The second kappa shape index (κ2) is 5.02. The van der Waals surface area contributed by atoms with Crippen LogP contribution in [0.5, 0.6) is 0 Å². The van der Waals surface area contributed by atoms with Crippen LogP contribution in [0.3, 0.4) is 0 Å². The van der Waals surface area contributed by atoms with Gasteiger partial charge in [-0.05, 0) is 38.5 Å². The van der Waals surface area contributed by atoms with Gasteiger partial charge in [-0.15, -0.1) is 0 Å². The van der Waals surface area contributed by atoms with E-state index < -0.39 is 0 Å². The number of imidazole rings is 1. The van der Waals surface area contributed by atoms with Crippen LogP contribution in [0, 0.1) is 0 Å². The van der Waals surface area contributed by atoms with Gasteiger partial charge in [0.1, 0.15) is 11.4 Å². The molecule has 0 saturated carbocycles. The number of fused-ring (bicyclic) bond motifs is 2. The Kier molecular flexibility index (Phi) is 3.02. The highest BCUT2D eigenvalue weighted by Gasteiger charge is 2.24. The SMILES string of the molecule is O=C1NCCCc2[nH]c(-c3n[nH]c4c3CCCCC4)nc21. The van der Waals surface area contributed by atoms with Crippen molar-refractivity contribution in [1.29, 1.82) is 0 Å². The molecule has 0 radical (unpaired) electrons. The second-order valence-corrected chi connectivity index (χ2v) is 5.86. The molecule has 110 valence electrons. The van der Waals surface area contributed by atoms with Crippen LogP contribution in [0.15, 0.2) is 0 Å². The van der Waals surface area contributed by atoms with E-state index in [2.05, 4.69) is 25.5 Å². The third-order valence-corrected chi connectivity index (χ3v) is 4.41. The zero-order valence-corrected chi connectivity index (χ0v) is 12.0. The number of hydrogen-bond acceptors (Lipinski definition) is 3. The first-order valence-corrected chi connectivity index (χ1v) is 7.76. The standard InChI is InChI=1S/C15H19N5O/c21-15-13-11(7-4-8-16-15)17-14(18-13)12-9-5-2-1-3-6-10(9)19-20-12/h1-8H2,(H,16,21)(H,17,18)(H,19,20). The lowest BCUT2D eigenvalue weighted by Gasteiger charge is -2.00. The molecule has 0 bridgehead atoms. The minimum absolute atomic E-state index is 0.0772. The quantitative estimate of drug-likeness (QED) is 0.698. The summed E-state index contributed by atoms with van der Waals surface area (Å²) in [6.07, 6.45) is 7.57. The molecule has 0 atom stereocenters. The Hall–Kier alpha value is -2.11. The largest absolute Gasteiger partial charge is 0.351 e. The first-order valence-electron chi connectivity index (χ1n) is 7.76. The zero-order chi connectivity index (χ0) is 14.2. The molecule has 2 aromatic heterocycles. The van der Waals surface area contributed by atoms with Gasteiger partial charge >= 0.3 is 0 Å². The maximum absolute atomic E-state index is 12.0. The highest BCUT2D eigenvalue weighted by molar-refractivity contribution is 5.94. The van der Waals surface area contributed by atoms with Crippen molar-refractivity contribution >= 4 is 5.91 Å². The monoisotopic (exact) mass is 285 g/mol. The Labute approximate surface area is 122 Å². The van der Waals surface area contributed by atoms with E-state index in [9.17, 15) is 4.79 Å². The molecular weight excluding hydrogens is 266 g/mol. The van der Waals surface area contributed by atoms with Crippen LogP contribution in [0.2, 0.25) is 0 Å². The molecule has 1 aliphatic carbocycles. The van der Waals surface area contributed by atoms with E-state index in [0.29, 0.717) is 5.69 Å². The molecule has 0 fully saturated rings. The minimum Gasteiger partial charge on any atom is -0.351 e. The number of rotatable bonds is 1. The van der Waals surface area contributed by atoms with Crippen LogP contribution in [0.25, 0.3) is 11.5 Å². The van der Waals surface area contributed by atoms with Crippen molar-refractivity contribution in [2.75, 3.05) is 6.54 Å². The number of hydrogen-bond donors (Lipinski definition) is 3. The summed E-state index contributed by atoms with van der Waals surface area (Å²) in [5.41, 5.74) is 4.88. The van der Waals surface area contributed by atoms with Gasteiger partial charge in [0.15, 0.2) is 5.82 Å². The summed E-state index contributed by atoms with van der Waals surface area (Å²) in [4.78, 5) is 19.9. The third kappa shape index (κ3) is 2.14. The third-order valence-electron chi connectivity index (χ3n) is 4.41. The molecule has 0 unspecified atom stereocenters. The molecule has 1 aliphatic heterocycles. The van der Waals surface area contributed by atoms with Gasteiger partial charge in [0.2, 0.25) is 0 Å². The van der Waals surface area contributed by atoms with E-state index in [1.54, 1.807) is 0 Å². The summed E-state index contributed by atoms with van der Waals surface area (Å²) in [6, 6.07) is 0. The van der Waals surface area contributed by atoms with Gasteiger partial charge < -0.3 is 10.3 Å². The summed E-state index contributed by atoms with van der Waals surface area (Å²) in [6.45, 7) is 0.718. The number of aryl methyl sites for hydroxylation is 2. The van der Waals surface area contributed by atoms with E-state index in [4.69, 9.17) is 0 Å². The average Bonchev–Trinajstić information content (AvgIpc) is 2.95. The number of aromatic amines is 2. The number of carbonyl (C=O) groups excluding carboxylic acids is 1. The van der Waals surface area contributed by atoms with Crippen molar-refractivity contribution in [3.8, 4) is 11.5 Å². The van der Waals surface area contributed by atoms with Crippen molar-refractivity contribution in [2.45, 2.75) is 44.9 Å². The topological polar surface area (TPSA) is 86.5 Å². The molecule has 6 heteroatoms. The van der Waals surface area contributed by atoms with Gasteiger partial charge in [0.05, 0.1) is 0 Å². The Morgan fingerprint density at radius 2 is 1.76 bits per heavy atom. The Morgan fingerprint density at radius 1 is 0.905 bits per heavy atom. The van der Waals surface area contributed by atoms with Gasteiger partial charge in [-0.2, -0.15) is 5.10 Å². The molecule has 6 nitrogen and oxygen atoms in total. The highest BCUT2D eigenvalue weighted by atomic mass is 16.1. The smallest absolute Gasteiger partial charge is 0.271 e.